The Morgan fingerprint density at radius 2 is 2.32 bits per heavy atom. The number of aliphatic hydroxyl groups is 1. The van der Waals surface area contributed by atoms with Crippen molar-refractivity contribution >= 4 is 5.91 Å². The third kappa shape index (κ3) is 3.25. The number of amides is 1. The second-order valence-electron chi connectivity index (χ2n) is 5.57. The molecule has 1 saturated carbocycles. The van der Waals surface area contributed by atoms with Crippen LogP contribution in [0.3, 0.4) is 0 Å². The van der Waals surface area contributed by atoms with Crippen LogP contribution in [0, 0.1) is 5.92 Å². The monoisotopic (exact) mass is 303 g/mol. The molecule has 2 heterocycles. The number of carbonyl (C=O) groups is 1. The lowest BCUT2D eigenvalue weighted by Crippen LogP contribution is -2.48. The van der Waals surface area contributed by atoms with Gasteiger partial charge < -0.3 is 14.9 Å². The van der Waals surface area contributed by atoms with Gasteiger partial charge >= 0.3 is 0 Å². The van der Waals surface area contributed by atoms with Crippen LogP contribution in [0.5, 0.6) is 0 Å². The number of hydrogen-bond donors (Lipinski definition) is 3. The Morgan fingerprint density at radius 3 is 2.91 bits per heavy atom. The molecule has 1 aliphatic carbocycles. The van der Waals surface area contributed by atoms with Crippen LogP contribution in [0.25, 0.3) is 0 Å². The van der Waals surface area contributed by atoms with Gasteiger partial charge in [-0.05, 0) is 30.9 Å². The first-order valence-corrected chi connectivity index (χ1v) is 7.19. The van der Waals surface area contributed by atoms with Crippen LogP contribution in [0.2, 0.25) is 0 Å². The van der Waals surface area contributed by atoms with Crippen LogP contribution >= 0.6 is 0 Å². The molecule has 1 amide bonds. The normalized spacial score (nSPS) is 21.9. The number of pyridine rings is 1. The van der Waals surface area contributed by atoms with Crippen molar-refractivity contribution in [1.29, 1.82) is 0 Å². The molecule has 1 aliphatic rings. The predicted molar refractivity (Wildman–Crippen MR) is 77.3 cm³/mol. The highest BCUT2D eigenvalue weighted by molar-refractivity contribution is 5.91. The first kappa shape index (κ1) is 14.5. The first-order valence-electron chi connectivity index (χ1n) is 7.19. The van der Waals surface area contributed by atoms with Gasteiger partial charge in [0, 0.05) is 24.4 Å². The standard InChI is InChI=1S/C15H17N3O4/c19-11-5-9(6-11)12(7-10-3-1-2-4-16-10)17-15(21)13-8-14(20)18-22-13/h1-4,8-9,11-12,19H,5-7H2,(H,17,21)(H,18,20)/t9?,11?,12-/m0/s1. The SMILES string of the molecule is O=C(N[C@@H](Cc1ccccn1)C1CC(O)C1)c1cc(=O)[nH]o1. The van der Waals surface area contributed by atoms with Gasteiger partial charge in [0.05, 0.1) is 12.2 Å². The average Bonchev–Trinajstić information content (AvgIpc) is 2.91. The molecule has 22 heavy (non-hydrogen) atoms. The lowest BCUT2D eigenvalue weighted by atomic mass is 9.76. The van der Waals surface area contributed by atoms with Crippen LogP contribution in [0.15, 0.2) is 39.8 Å². The second-order valence-corrected chi connectivity index (χ2v) is 5.57. The summed E-state index contributed by atoms with van der Waals surface area (Å²) in [5, 5.41) is 14.5. The molecule has 1 atom stereocenters. The van der Waals surface area contributed by atoms with E-state index in [4.69, 9.17) is 4.52 Å². The molecule has 0 spiro atoms. The fourth-order valence-electron chi connectivity index (χ4n) is 2.67. The highest BCUT2D eigenvalue weighted by Gasteiger charge is 2.35. The van der Waals surface area contributed by atoms with Gasteiger partial charge in [0.2, 0.25) is 5.76 Å². The number of rotatable bonds is 5. The molecule has 0 unspecified atom stereocenters. The molecular weight excluding hydrogens is 286 g/mol. The van der Waals surface area contributed by atoms with Crippen molar-refractivity contribution < 1.29 is 14.4 Å². The summed E-state index contributed by atoms with van der Waals surface area (Å²) in [4.78, 5) is 27.5. The molecule has 7 heteroatoms. The van der Waals surface area contributed by atoms with E-state index in [1.807, 2.05) is 18.2 Å². The zero-order chi connectivity index (χ0) is 15.5. The van der Waals surface area contributed by atoms with Crippen LogP contribution < -0.4 is 10.9 Å². The number of aliphatic hydroxyl groups excluding tert-OH is 1. The van der Waals surface area contributed by atoms with Gasteiger partial charge in [0.25, 0.3) is 11.5 Å². The van der Waals surface area contributed by atoms with E-state index in [0.29, 0.717) is 19.3 Å². The maximum Gasteiger partial charge on any atom is 0.290 e. The van der Waals surface area contributed by atoms with Gasteiger partial charge in [0.1, 0.15) is 0 Å². The van der Waals surface area contributed by atoms with Gasteiger partial charge in [-0.1, -0.05) is 6.07 Å². The Balaban J connectivity index is 1.71. The number of aromatic nitrogens is 2. The fourth-order valence-corrected chi connectivity index (χ4v) is 2.67. The third-order valence-corrected chi connectivity index (χ3v) is 3.94. The molecule has 3 rings (SSSR count). The molecule has 7 nitrogen and oxygen atoms in total. The number of H-pyrrole nitrogens is 1. The maximum absolute atomic E-state index is 12.1. The van der Waals surface area contributed by atoms with Crippen molar-refractivity contribution in [3.8, 4) is 0 Å². The Bertz CT molecular complexity index is 688. The zero-order valence-electron chi connectivity index (χ0n) is 11.9. The molecule has 0 saturated heterocycles. The van der Waals surface area contributed by atoms with E-state index in [-0.39, 0.29) is 23.8 Å². The highest BCUT2D eigenvalue weighted by Crippen LogP contribution is 2.31. The highest BCUT2D eigenvalue weighted by atomic mass is 16.5. The van der Waals surface area contributed by atoms with Crippen LogP contribution in [-0.4, -0.2) is 33.3 Å². The topological polar surface area (TPSA) is 108 Å². The summed E-state index contributed by atoms with van der Waals surface area (Å²) < 4.78 is 4.82. The number of nitrogens with zero attached hydrogens (tertiary/aromatic N) is 1. The summed E-state index contributed by atoms with van der Waals surface area (Å²) in [7, 11) is 0. The van der Waals surface area contributed by atoms with Crippen LogP contribution in [0.1, 0.15) is 29.1 Å². The minimum Gasteiger partial charge on any atom is -0.393 e. The van der Waals surface area contributed by atoms with Gasteiger partial charge in [0.15, 0.2) is 0 Å². The summed E-state index contributed by atoms with van der Waals surface area (Å²) in [5.74, 6) is -0.303. The largest absolute Gasteiger partial charge is 0.393 e. The summed E-state index contributed by atoms with van der Waals surface area (Å²) in [6.07, 6.45) is 3.26. The van der Waals surface area contributed by atoms with E-state index < -0.39 is 11.5 Å². The van der Waals surface area contributed by atoms with E-state index in [2.05, 4.69) is 15.5 Å². The number of nitrogens with one attached hydrogen (secondary N) is 2. The van der Waals surface area contributed by atoms with Crippen molar-refractivity contribution in [3.63, 3.8) is 0 Å². The molecule has 0 aromatic carbocycles. The van der Waals surface area contributed by atoms with Gasteiger partial charge in [-0.25, -0.2) is 0 Å². The molecule has 3 N–H and O–H groups in total. The fraction of sp³-hybridized carbons (Fsp3) is 0.400. The number of aromatic amines is 1. The minimum atomic E-state index is -0.453. The molecule has 0 aliphatic heterocycles. The molecule has 0 bridgehead atoms. The predicted octanol–water partition coefficient (Wildman–Crippen LogP) is 0.475. The average molecular weight is 303 g/mol. The summed E-state index contributed by atoms with van der Waals surface area (Å²) in [6, 6.07) is 6.57. The number of hydrogen-bond acceptors (Lipinski definition) is 5. The molecule has 0 radical (unpaired) electrons. The summed E-state index contributed by atoms with van der Waals surface area (Å²) >= 11 is 0. The molecular formula is C15H17N3O4. The summed E-state index contributed by atoms with van der Waals surface area (Å²) in [6.45, 7) is 0. The van der Waals surface area contributed by atoms with E-state index in [1.54, 1.807) is 6.20 Å². The molecule has 116 valence electrons. The first-order chi connectivity index (χ1) is 10.6. The molecule has 1 fully saturated rings. The van der Waals surface area contributed by atoms with Crippen LogP contribution in [-0.2, 0) is 6.42 Å². The van der Waals surface area contributed by atoms with Gasteiger partial charge in [-0.15, -0.1) is 0 Å². The van der Waals surface area contributed by atoms with Crippen molar-refractivity contribution in [2.24, 2.45) is 5.92 Å². The van der Waals surface area contributed by atoms with E-state index in [9.17, 15) is 14.7 Å². The Hall–Kier alpha value is -2.41. The van der Waals surface area contributed by atoms with E-state index >= 15 is 0 Å². The lowest BCUT2D eigenvalue weighted by molar-refractivity contribution is 0.0234. The Labute approximate surface area is 126 Å². The maximum atomic E-state index is 12.1. The number of carbonyl (C=O) groups excluding carboxylic acids is 1. The van der Waals surface area contributed by atoms with E-state index in [1.165, 1.54) is 0 Å². The van der Waals surface area contributed by atoms with Crippen molar-refractivity contribution in [2.75, 3.05) is 0 Å². The Morgan fingerprint density at radius 1 is 1.50 bits per heavy atom. The third-order valence-electron chi connectivity index (χ3n) is 3.94. The quantitative estimate of drug-likeness (QED) is 0.744. The van der Waals surface area contributed by atoms with E-state index in [0.717, 1.165) is 11.8 Å². The zero-order valence-corrected chi connectivity index (χ0v) is 11.9. The molecule has 2 aromatic heterocycles. The van der Waals surface area contributed by atoms with Crippen molar-refractivity contribution in [3.05, 3.63) is 52.3 Å². The van der Waals surface area contributed by atoms with Crippen molar-refractivity contribution in [2.45, 2.75) is 31.4 Å². The van der Waals surface area contributed by atoms with Gasteiger partial charge in [-0.2, -0.15) is 5.16 Å². The minimum absolute atomic E-state index is 0.0455. The van der Waals surface area contributed by atoms with Gasteiger partial charge in [-0.3, -0.25) is 14.6 Å². The molecule has 2 aromatic rings. The second kappa shape index (κ2) is 6.15. The lowest BCUT2D eigenvalue weighted by Gasteiger charge is -2.37. The smallest absolute Gasteiger partial charge is 0.290 e. The van der Waals surface area contributed by atoms with Crippen LogP contribution in [0.4, 0.5) is 0 Å². The Kier molecular flexibility index (Phi) is 4.06. The summed E-state index contributed by atoms with van der Waals surface area (Å²) in [5.41, 5.74) is 0.412. The van der Waals surface area contributed by atoms with Crippen molar-refractivity contribution in [1.82, 2.24) is 15.5 Å².